The van der Waals surface area contributed by atoms with Crippen LogP contribution in [0.2, 0.25) is 0 Å². The minimum atomic E-state index is -0.488. The highest BCUT2D eigenvalue weighted by molar-refractivity contribution is 6.20. The summed E-state index contributed by atoms with van der Waals surface area (Å²) in [7, 11) is 2.12. The van der Waals surface area contributed by atoms with Gasteiger partial charge in [-0.3, -0.25) is 14.7 Å². The number of rotatable bonds is 0. The Labute approximate surface area is 114 Å². The lowest BCUT2D eigenvalue weighted by atomic mass is 9.71. The van der Waals surface area contributed by atoms with Crippen LogP contribution in [0.1, 0.15) is 20.8 Å². The molecule has 100 valence electrons. The summed E-state index contributed by atoms with van der Waals surface area (Å²) in [6.07, 6.45) is 10.5. The van der Waals surface area contributed by atoms with Crippen molar-refractivity contribution in [3.8, 4) is 0 Å². The number of carbonyl (C=O) groups is 1. The number of aliphatic imine (C=N–C) groups is 1. The van der Waals surface area contributed by atoms with E-state index in [1.807, 2.05) is 26.8 Å². The molecule has 0 aromatic rings. The number of hydrogen-bond donors (Lipinski definition) is 0. The van der Waals surface area contributed by atoms with Gasteiger partial charge in [-0.2, -0.15) is 0 Å². The largest absolute Gasteiger partial charge is 0.294 e. The van der Waals surface area contributed by atoms with Gasteiger partial charge in [-0.05, 0) is 33.4 Å². The van der Waals surface area contributed by atoms with Crippen molar-refractivity contribution < 1.29 is 4.79 Å². The first-order valence-electron chi connectivity index (χ1n) is 6.81. The second-order valence-electron chi connectivity index (χ2n) is 6.18. The Balaban J connectivity index is 2.14. The molecule has 0 saturated carbocycles. The number of Topliss-reactive ketones (excluding diaryl/α,β-unsaturated/α-hetero) is 1. The predicted molar refractivity (Wildman–Crippen MR) is 77.4 cm³/mol. The standard InChI is InChI=1S/C16H20N2O/c1-10-9-13-14(16(2,3)15(10)19)17-11-7-5-6-8-12(11)18(13)4/h5-9,11-13H,1-4H3. The van der Waals surface area contributed by atoms with Gasteiger partial charge in [0, 0.05) is 5.71 Å². The fourth-order valence-electron chi connectivity index (χ4n) is 3.34. The van der Waals surface area contributed by atoms with Gasteiger partial charge in [-0.15, -0.1) is 0 Å². The van der Waals surface area contributed by atoms with Gasteiger partial charge in [-0.25, -0.2) is 0 Å². The van der Waals surface area contributed by atoms with E-state index in [0.717, 1.165) is 11.3 Å². The van der Waals surface area contributed by atoms with Crippen molar-refractivity contribution in [1.29, 1.82) is 0 Å². The highest BCUT2D eigenvalue weighted by Gasteiger charge is 2.47. The molecule has 0 aromatic carbocycles. The van der Waals surface area contributed by atoms with Crippen LogP contribution in [0.5, 0.6) is 0 Å². The first-order valence-corrected chi connectivity index (χ1v) is 6.81. The van der Waals surface area contributed by atoms with E-state index < -0.39 is 5.41 Å². The topological polar surface area (TPSA) is 32.7 Å². The Bertz CT molecular complexity index is 551. The van der Waals surface area contributed by atoms with Crippen molar-refractivity contribution in [2.24, 2.45) is 10.4 Å². The summed E-state index contributed by atoms with van der Waals surface area (Å²) in [5.74, 6) is 0.199. The smallest absolute Gasteiger partial charge is 0.169 e. The third-order valence-electron chi connectivity index (χ3n) is 4.53. The van der Waals surface area contributed by atoms with Crippen molar-refractivity contribution in [2.45, 2.75) is 38.9 Å². The lowest BCUT2D eigenvalue weighted by Crippen LogP contribution is -2.59. The summed E-state index contributed by atoms with van der Waals surface area (Å²) in [5.41, 5.74) is 1.37. The minimum absolute atomic E-state index is 0.139. The van der Waals surface area contributed by atoms with Crippen molar-refractivity contribution in [3.63, 3.8) is 0 Å². The van der Waals surface area contributed by atoms with Crippen LogP contribution in [0.15, 0.2) is 40.9 Å². The van der Waals surface area contributed by atoms with Crippen molar-refractivity contribution >= 4 is 11.5 Å². The van der Waals surface area contributed by atoms with E-state index in [4.69, 9.17) is 4.99 Å². The van der Waals surface area contributed by atoms with Gasteiger partial charge in [0.25, 0.3) is 0 Å². The van der Waals surface area contributed by atoms with Crippen LogP contribution in [-0.2, 0) is 4.79 Å². The zero-order chi connectivity index (χ0) is 13.8. The molecule has 0 radical (unpaired) electrons. The molecule has 0 spiro atoms. The second-order valence-corrected chi connectivity index (χ2v) is 6.18. The van der Waals surface area contributed by atoms with E-state index in [9.17, 15) is 4.79 Å². The van der Waals surface area contributed by atoms with Gasteiger partial charge in [-0.1, -0.05) is 30.4 Å². The van der Waals surface area contributed by atoms with Gasteiger partial charge >= 0.3 is 0 Å². The van der Waals surface area contributed by atoms with E-state index in [1.54, 1.807) is 0 Å². The molecule has 1 aliphatic heterocycles. The lowest BCUT2D eigenvalue weighted by molar-refractivity contribution is -0.120. The highest BCUT2D eigenvalue weighted by Crippen LogP contribution is 2.36. The molecule has 0 fully saturated rings. The summed E-state index contributed by atoms with van der Waals surface area (Å²) < 4.78 is 0. The zero-order valence-electron chi connectivity index (χ0n) is 11.9. The van der Waals surface area contributed by atoms with E-state index >= 15 is 0 Å². The Morgan fingerprint density at radius 3 is 2.68 bits per heavy atom. The Hall–Kier alpha value is -1.48. The van der Waals surface area contributed by atoms with Gasteiger partial charge in [0.15, 0.2) is 5.78 Å². The summed E-state index contributed by atoms with van der Waals surface area (Å²) in [6.45, 7) is 5.90. The van der Waals surface area contributed by atoms with E-state index in [1.165, 1.54) is 0 Å². The van der Waals surface area contributed by atoms with Crippen LogP contribution in [0, 0.1) is 5.41 Å². The quantitative estimate of drug-likeness (QED) is 0.665. The molecule has 3 rings (SSSR count). The molecular weight excluding hydrogens is 236 g/mol. The van der Waals surface area contributed by atoms with Gasteiger partial charge in [0.1, 0.15) is 0 Å². The number of hydrogen-bond acceptors (Lipinski definition) is 3. The molecule has 19 heavy (non-hydrogen) atoms. The lowest BCUT2D eigenvalue weighted by Gasteiger charge is -2.46. The molecule has 0 amide bonds. The van der Waals surface area contributed by atoms with Gasteiger partial charge in [0.05, 0.1) is 23.5 Å². The Kier molecular flexibility index (Phi) is 2.65. The SMILES string of the molecule is CC1=CC2C(=NC3C=CC=CC3N2C)C(C)(C)C1=O. The zero-order valence-corrected chi connectivity index (χ0v) is 11.9. The van der Waals surface area contributed by atoms with E-state index in [2.05, 4.69) is 36.3 Å². The molecule has 3 heteroatoms. The molecule has 2 aliphatic carbocycles. The monoisotopic (exact) mass is 256 g/mol. The van der Waals surface area contributed by atoms with Crippen molar-refractivity contribution in [2.75, 3.05) is 7.05 Å². The summed E-state index contributed by atoms with van der Waals surface area (Å²) >= 11 is 0. The molecule has 0 N–H and O–H groups in total. The van der Waals surface area contributed by atoms with Crippen molar-refractivity contribution in [3.05, 3.63) is 36.0 Å². The number of nitrogens with zero attached hydrogens (tertiary/aromatic N) is 2. The third-order valence-corrected chi connectivity index (χ3v) is 4.53. The molecule has 0 aromatic heterocycles. The van der Waals surface area contributed by atoms with Crippen molar-refractivity contribution in [1.82, 2.24) is 4.90 Å². The Morgan fingerprint density at radius 1 is 1.26 bits per heavy atom. The Morgan fingerprint density at radius 2 is 1.95 bits per heavy atom. The maximum atomic E-state index is 12.4. The average molecular weight is 256 g/mol. The number of fused-ring (bicyclic) bond motifs is 2. The predicted octanol–water partition coefficient (Wildman–Crippen LogP) is 2.16. The third kappa shape index (κ3) is 1.68. The normalized spacial score (nSPS) is 36.4. The number of likely N-dealkylation sites (N-methyl/N-ethyl adjacent to an activating group) is 1. The number of allylic oxidation sites excluding steroid dienone is 3. The van der Waals surface area contributed by atoms with Crippen LogP contribution < -0.4 is 0 Å². The van der Waals surface area contributed by atoms with Crippen LogP contribution in [0.3, 0.4) is 0 Å². The molecule has 3 nitrogen and oxygen atoms in total. The number of carbonyl (C=O) groups excluding carboxylic acids is 1. The molecule has 0 bridgehead atoms. The molecule has 0 saturated heterocycles. The van der Waals surface area contributed by atoms with Gasteiger partial charge < -0.3 is 0 Å². The van der Waals surface area contributed by atoms with E-state index in [0.29, 0.717) is 6.04 Å². The van der Waals surface area contributed by atoms with Gasteiger partial charge in [0.2, 0.25) is 0 Å². The maximum absolute atomic E-state index is 12.4. The molecule has 3 atom stereocenters. The molecule has 3 unspecified atom stereocenters. The summed E-state index contributed by atoms with van der Waals surface area (Å²) in [4.78, 5) is 19.6. The average Bonchev–Trinajstić information content (AvgIpc) is 2.39. The number of ketones is 1. The fourth-order valence-corrected chi connectivity index (χ4v) is 3.34. The fraction of sp³-hybridized carbons (Fsp3) is 0.500. The first-order chi connectivity index (χ1) is 8.93. The summed E-state index contributed by atoms with van der Waals surface area (Å²) in [5, 5.41) is 0. The molecule has 3 aliphatic rings. The van der Waals surface area contributed by atoms with Crippen LogP contribution >= 0.6 is 0 Å². The second kappa shape index (κ2) is 4.01. The first kappa shape index (κ1) is 12.5. The van der Waals surface area contributed by atoms with Crippen LogP contribution in [0.25, 0.3) is 0 Å². The van der Waals surface area contributed by atoms with Crippen LogP contribution in [-0.4, -0.2) is 41.6 Å². The van der Waals surface area contributed by atoms with E-state index in [-0.39, 0.29) is 17.9 Å². The maximum Gasteiger partial charge on any atom is 0.169 e. The van der Waals surface area contributed by atoms with Crippen LogP contribution in [0.4, 0.5) is 0 Å². The molecule has 1 heterocycles. The molecular formula is C16H20N2O. The highest BCUT2D eigenvalue weighted by atomic mass is 16.1. The summed E-state index contributed by atoms with van der Waals surface area (Å²) in [6, 6.07) is 0.581. The minimum Gasteiger partial charge on any atom is -0.294 e.